The van der Waals surface area contributed by atoms with Gasteiger partial charge in [-0.05, 0) is 6.92 Å². The van der Waals surface area contributed by atoms with E-state index in [-0.39, 0.29) is 0 Å². The Morgan fingerprint density at radius 2 is 2.15 bits per heavy atom. The summed E-state index contributed by atoms with van der Waals surface area (Å²) in [5, 5.41) is 0.402. The van der Waals surface area contributed by atoms with Gasteiger partial charge in [-0.25, -0.2) is 9.97 Å². The molecule has 0 atom stereocenters. The lowest BCUT2D eigenvalue weighted by Gasteiger charge is -2.09. The number of aromatic nitrogens is 2. The van der Waals surface area contributed by atoms with Crippen molar-refractivity contribution >= 4 is 11.6 Å². The monoisotopic (exact) mass is 200 g/mol. The number of ether oxygens (including phenoxy) is 2. The number of nitrogens with zero attached hydrogens (tertiary/aromatic N) is 2. The normalized spacial score (nSPS) is 18.0. The predicted molar refractivity (Wildman–Crippen MR) is 46.4 cm³/mol. The molecule has 2 heterocycles. The summed E-state index contributed by atoms with van der Waals surface area (Å²) in [4.78, 5) is 8.04. The second-order valence-corrected chi connectivity index (χ2v) is 3.09. The molecule has 4 nitrogen and oxygen atoms in total. The maximum atomic E-state index is 5.90. The second kappa shape index (κ2) is 3.57. The highest BCUT2D eigenvalue weighted by Crippen LogP contribution is 2.27. The van der Waals surface area contributed by atoms with E-state index < -0.39 is 6.29 Å². The Bertz CT molecular complexity index is 313. The smallest absolute Gasteiger partial charge is 0.188 e. The van der Waals surface area contributed by atoms with E-state index in [9.17, 15) is 0 Å². The van der Waals surface area contributed by atoms with Crippen LogP contribution in [0, 0.1) is 6.92 Å². The fourth-order valence-corrected chi connectivity index (χ4v) is 1.41. The Balaban J connectivity index is 2.29. The van der Waals surface area contributed by atoms with Crippen LogP contribution in [0.15, 0.2) is 6.20 Å². The van der Waals surface area contributed by atoms with E-state index in [1.165, 1.54) is 0 Å². The van der Waals surface area contributed by atoms with Crippen molar-refractivity contribution in [1.29, 1.82) is 0 Å². The first-order chi connectivity index (χ1) is 6.27. The Kier molecular flexibility index (Phi) is 2.44. The van der Waals surface area contributed by atoms with Crippen LogP contribution in [0.25, 0.3) is 0 Å². The lowest BCUT2D eigenvalue weighted by molar-refractivity contribution is -0.0445. The molecule has 0 bridgehead atoms. The third-order valence-corrected chi connectivity index (χ3v) is 2.07. The average Bonchev–Trinajstić information content (AvgIpc) is 2.56. The van der Waals surface area contributed by atoms with Crippen LogP contribution in [-0.2, 0) is 9.47 Å². The standard InChI is InChI=1S/C8H9ClN2O2/c1-5-10-4-6(7(9)11-5)8-12-2-3-13-8/h4,8H,2-3H2,1H3. The van der Waals surface area contributed by atoms with Gasteiger partial charge in [0.15, 0.2) is 6.29 Å². The van der Waals surface area contributed by atoms with E-state index in [0.29, 0.717) is 29.8 Å². The molecule has 5 heteroatoms. The van der Waals surface area contributed by atoms with Crippen LogP contribution in [0.2, 0.25) is 5.15 Å². The van der Waals surface area contributed by atoms with Crippen molar-refractivity contribution < 1.29 is 9.47 Å². The third kappa shape index (κ3) is 1.80. The molecule has 0 radical (unpaired) electrons. The van der Waals surface area contributed by atoms with Crippen LogP contribution in [0.3, 0.4) is 0 Å². The molecule has 0 unspecified atom stereocenters. The second-order valence-electron chi connectivity index (χ2n) is 2.74. The summed E-state index contributed by atoms with van der Waals surface area (Å²) < 4.78 is 10.5. The Labute approximate surface area is 80.9 Å². The van der Waals surface area contributed by atoms with E-state index in [4.69, 9.17) is 21.1 Å². The minimum absolute atomic E-state index is 0.395. The van der Waals surface area contributed by atoms with Crippen molar-refractivity contribution in [2.45, 2.75) is 13.2 Å². The molecule has 70 valence electrons. The number of halogens is 1. The van der Waals surface area contributed by atoms with E-state index in [1.54, 1.807) is 13.1 Å². The summed E-state index contributed by atoms with van der Waals surface area (Å²) in [5.74, 6) is 0.645. The first-order valence-electron chi connectivity index (χ1n) is 3.99. The molecule has 1 aromatic rings. The predicted octanol–water partition coefficient (Wildman–Crippen LogP) is 1.48. The molecule has 1 aliphatic rings. The summed E-state index contributed by atoms with van der Waals surface area (Å²) in [7, 11) is 0. The van der Waals surface area contributed by atoms with Gasteiger partial charge < -0.3 is 9.47 Å². The SMILES string of the molecule is Cc1ncc(C2OCCO2)c(Cl)n1. The van der Waals surface area contributed by atoms with Gasteiger partial charge in [0.25, 0.3) is 0 Å². The molecule has 1 aliphatic heterocycles. The topological polar surface area (TPSA) is 44.2 Å². The van der Waals surface area contributed by atoms with E-state index >= 15 is 0 Å². The first kappa shape index (κ1) is 8.87. The van der Waals surface area contributed by atoms with Crippen LogP contribution in [0.1, 0.15) is 17.7 Å². The zero-order valence-corrected chi connectivity index (χ0v) is 7.91. The molecule has 0 N–H and O–H groups in total. The van der Waals surface area contributed by atoms with E-state index in [2.05, 4.69) is 9.97 Å². The molecule has 1 fully saturated rings. The summed E-state index contributed by atoms with van der Waals surface area (Å²) in [6.07, 6.45) is 1.24. The molecule has 0 saturated carbocycles. The average molecular weight is 201 g/mol. The van der Waals surface area contributed by atoms with Crippen molar-refractivity contribution in [3.8, 4) is 0 Å². The molecular formula is C8H9ClN2O2. The Morgan fingerprint density at radius 1 is 1.46 bits per heavy atom. The lowest BCUT2D eigenvalue weighted by atomic mass is 10.3. The molecule has 1 aromatic heterocycles. The van der Waals surface area contributed by atoms with Crippen molar-refractivity contribution in [2.24, 2.45) is 0 Å². The van der Waals surface area contributed by atoms with Gasteiger partial charge in [-0.15, -0.1) is 0 Å². The minimum Gasteiger partial charge on any atom is -0.346 e. The summed E-state index contributed by atoms with van der Waals surface area (Å²) in [6, 6.07) is 0. The van der Waals surface area contributed by atoms with Crippen LogP contribution < -0.4 is 0 Å². The number of hydrogen-bond acceptors (Lipinski definition) is 4. The van der Waals surface area contributed by atoms with Gasteiger partial charge in [0.05, 0.1) is 18.8 Å². The first-order valence-corrected chi connectivity index (χ1v) is 4.37. The van der Waals surface area contributed by atoms with Gasteiger partial charge in [-0.2, -0.15) is 0 Å². The van der Waals surface area contributed by atoms with Gasteiger partial charge in [-0.1, -0.05) is 11.6 Å². The van der Waals surface area contributed by atoms with Gasteiger partial charge >= 0.3 is 0 Å². The van der Waals surface area contributed by atoms with Gasteiger partial charge in [0.2, 0.25) is 0 Å². The maximum absolute atomic E-state index is 5.90. The largest absolute Gasteiger partial charge is 0.346 e. The molecule has 0 amide bonds. The molecule has 0 aliphatic carbocycles. The number of rotatable bonds is 1. The van der Waals surface area contributed by atoms with Crippen molar-refractivity contribution in [3.63, 3.8) is 0 Å². The number of hydrogen-bond donors (Lipinski definition) is 0. The van der Waals surface area contributed by atoms with Crippen molar-refractivity contribution in [3.05, 3.63) is 22.7 Å². The third-order valence-electron chi connectivity index (χ3n) is 1.76. The quantitative estimate of drug-likeness (QED) is 0.645. The van der Waals surface area contributed by atoms with Gasteiger partial charge in [-0.3, -0.25) is 0 Å². The van der Waals surface area contributed by atoms with Gasteiger partial charge in [0.1, 0.15) is 11.0 Å². The highest BCUT2D eigenvalue weighted by Gasteiger charge is 2.21. The molecule has 2 rings (SSSR count). The molecular weight excluding hydrogens is 192 g/mol. The highest BCUT2D eigenvalue weighted by atomic mass is 35.5. The Morgan fingerprint density at radius 3 is 2.77 bits per heavy atom. The van der Waals surface area contributed by atoms with Crippen LogP contribution in [0.4, 0.5) is 0 Å². The van der Waals surface area contributed by atoms with Gasteiger partial charge in [0, 0.05) is 6.20 Å². The van der Waals surface area contributed by atoms with Crippen molar-refractivity contribution in [1.82, 2.24) is 9.97 Å². The fraction of sp³-hybridized carbons (Fsp3) is 0.500. The van der Waals surface area contributed by atoms with Crippen molar-refractivity contribution in [2.75, 3.05) is 13.2 Å². The zero-order chi connectivity index (χ0) is 9.26. The molecule has 1 saturated heterocycles. The molecule has 0 aromatic carbocycles. The summed E-state index contributed by atoms with van der Waals surface area (Å²) >= 11 is 5.90. The Hall–Kier alpha value is -0.710. The number of aryl methyl sites for hydroxylation is 1. The van der Waals surface area contributed by atoms with Crippen LogP contribution in [0.5, 0.6) is 0 Å². The summed E-state index contributed by atoms with van der Waals surface area (Å²) in [5.41, 5.74) is 0.699. The zero-order valence-electron chi connectivity index (χ0n) is 7.16. The van der Waals surface area contributed by atoms with E-state index in [1.807, 2.05) is 0 Å². The summed E-state index contributed by atoms with van der Waals surface area (Å²) in [6.45, 7) is 2.97. The fourth-order valence-electron chi connectivity index (χ4n) is 1.15. The minimum atomic E-state index is -0.395. The highest BCUT2D eigenvalue weighted by molar-refractivity contribution is 6.30. The van der Waals surface area contributed by atoms with Crippen LogP contribution in [-0.4, -0.2) is 23.2 Å². The lowest BCUT2D eigenvalue weighted by Crippen LogP contribution is -2.02. The maximum Gasteiger partial charge on any atom is 0.188 e. The van der Waals surface area contributed by atoms with E-state index in [0.717, 1.165) is 0 Å². The molecule has 13 heavy (non-hydrogen) atoms. The molecule has 0 spiro atoms. The van der Waals surface area contributed by atoms with Crippen LogP contribution >= 0.6 is 11.6 Å².